The molecule has 104 valence electrons. The average Bonchev–Trinajstić information content (AvgIpc) is 3.32. The molecule has 0 aliphatic heterocycles. The van der Waals surface area contributed by atoms with E-state index in [0.29, 0.717) is 0 Å². The Bertz CT molecular complexity index is 617. The number of hydrogen-bond acceptors (Lipinski definition) is 4. The van der Waals surface area contributed by atoms with Crippen molar-refractivity contribution in [3.8, 4) is 0 Å². The first-order valence-electron chi connectivity index (χ1n) is 7.55. The summed E-state index contributed by atoms with van der Waals surface area (Å²) in [4.78, 5) is 11.4. The van der Waals surface area contributed by atoms with Crippen LogP contribution < -0.4 is 10.6 Å². The van der Waals surface area contributed by atoms with E-state index in [2.05, 4.69) is 20.9 Å². The van der Waals surface area contributed by atoms with Gasteiger partial charge < -0.3 is 10.6 Å². The molecule has 4 heteroatoms. The topological polar surface area (TPSA) is 55.0 Å². The molecule has 0 radical (unpaired) electrons. The molecule has 2 fully saturated rings. The number of nitrogens with two attached hydrogens (primary N) is 1. The highest BCUT2D eigenvalue weighted by molar-refractivity contribution is 5.91. The Morgan fingerprint density at radius 2 is 1.75 bits per heavy atom. The molecule has 1 aromatic carbocycles. The average molecular weight is 268 g/mol. The second-order valence-electron chi connectivity index (χ2n) is 6.27. The molecule has 0 unspecified atom stereocenters. The Balaban J connectivity index is 1.72. The van der Waals surface area contributed by atoms with E-state index in [1.54, 1.807) is 6.33 Å². The van der Waals surface area contributed by atoms with E-state index in [0.717, 1.165) is 47.3 Å². The van der Waals surface area contributed by atoms with Crippen LogP contribution in [-0.2, 0) is 0 Å². The van der Waals surface area contributed by atoms with Gasteiger partial charge in [0.1, 0.15) is 12.1 Å². The SMILES string of the molecule is Nc1ccc2c(N(CC3CC3)CC3CC3)ncnc2c1. The zero-order valence-electron chi connectivity index (χ0n) is 11.6. The van der Waals surface area contributed by atoms with Crippen molar-refractivity contribution < 1.29 is 0 Å². The first-order chi connectivity index (χ1) is 9.79. The lowest BCUT2D eigenvalue weighted by atomic mass is 10.2. The summed E-state index contributed by atoms with van der Waals surface area (Å²) < 4.78 is 0. The second-order valence-corrected chi connectivity index (χ2v) is 6.27. The maximum absolute atomic E-state index is 5.86. The van der Waals surface area contributed by atoms with Crippen LogP contribution in [0.2, 0.25) is 0 Å². The summed E-state index contributed by atoms with van der Waals surface area (Å²) in [6.45, 7) is 2.29. The molecule has 20 heavy (non-hydrogen) atoms. The van der Waals surface area contributed by atoms with Gasteiger partial charge in [0.25, 0.3) is 0 Å². The van der Waals surface area contributed by atoms with Crippen LogP contribution >= 0.6 is 0 Å². The first-order valence-corrected chi connectivity index (χ1v) is 7.55. The summed E-state index contributed by atoms with van der Waals surface area (Å²) in [7, 11) is 0. The van der Waals surface area contributed by atoms with Gasteiger partial charge in [-0.1, -0.05) is 0 Å². The lowest BCUT2D eigenvalue weighted by Gasteiger charge is -2.24. The van der Waals surface area contributed by atoms with E-state index in [-0.39, 0.29) is 0 Å². The highest BCUT2D eigenvalue weighted by Crippen LogP contribution is 2.36. The first kappa shape index (κ1) is 11.9. The summed E-state index contributed by atoms with van der Waals surface area (Å²) in [5.41, 5.74) is 7.57. The molecule has 2 saturated carbocycles. The Labute approximate surface area is 119 Å². The Morgan fingerprint density at radius 3 is 2.40 bits per heavy atom. The van der Waals surface area contributed by atoms with Crippen molar-refractivity contribution in [3.05, 3.63) is 24.5 Å². The van der Waals surface area contributed by atoms with Crippen LogP contribution in [0.5, 0.6) is 0 Å². The van der Waals surface area contributed by atoms with Gasteiger partial charge in [-0.3, -0.25) is 0 Å². The minimum Gasteiger partial charge on any atom is -0.399 e. The monoisotopic (exact) mass is 268 g/mol. The van der Waals surface area contributed by atoms with Crippen LogP contribution in [0.4, 0.5) is 11.5 Å². The molecule has 0 amide bonds. The van der Waals surface area contributed by atoms with Crippen LogP contribution in [0.25, 0.3) is 10.9 Å². The molecule has 4 rings (SSSR count). The fraction of sp³-hybridized carbons (Fsp3) is 0.500. The van der Waals surface area contributed by atoms with Crippen LogP contribution in [0, 0.1) is 11.8 Å². The van der Waals surface area contributed by atoms with Crippen LogP contribution in [-0.4, -0.2) is 23.1 Å². The van der Waals surface area contributed by atoms with Gasteiger partial charge in [-0.25, -0.2) is 9.97 Å². The summed E-state index contributed by atoms with van der Waals surface area (Å²) in [6.07, 6.45) is 7.16. The fourth-order valence-corrected chi connectivity index (χ4v) is 2.78. The molecule has 0 bridgehead atoms. The van der Waals surface area contributed by atoms with Gasteiger partial charge in [-0.2, -0.15) is 0 Å². The largest absolute Gasteiger partial charge is 0.399 e. The number of anilines is 2. The van der Waals surface area contributed by atoms with Gasteiger partial charge in [0.05, 0.1) is 5.52 Å². The molecule has 4 nitrogen and oxygen atoms in total. The highest BCUT2D eigenvalue weighted by atomic mass is 15.2. The van der Waals surface area contributed by atoms with Crippen molar-refractivity contribution in [3.63, 3.8) is 0 Å². The molecule has 2 aliphatic rings. The number of nitrogens with zero attached hydrogens (tertiary/aromatic N) is 3. The van der Waals surface area contributed by atoms with Gasteiger partial charge in [0.15, 0.2) is 0 Å². The van der Waals surface area contributed by atoms with E-state index < -0.39 is 0 Å². The number of fused-ring (bicyclic) bond motifs is 1. The minimum atomic E-state index is 0.762. The number of benzene rings is 1. The zero-order valence-corrected chi connectivity index (χ0v) is 11.6. The van der Waals surface area contributed by atoms with Crippen molar-refractivity contribution in [2.24, 2.45) is 11.8 Å². The maximum atomic E-state index is 5.86. The maximum Gasteiger partial charge on any atom is 0.139 e. The van der Waals surface area contributed by atoms with Crippen LogP contribution in [0.15, 0.2) is 24.5 Å². The number of aromatic nitrogens is 2. The molecule has 2 aliphatic carbocycles. The third-order valence-electron chi connectivity index (χ3n) is 4.29. The standard InChI is InChI=1S/C16H20N4/c17-13-5-6-14-15(7-13)18-10-19-16(14)20(8-11-1-2-11)9-12-3-4-12/h5-7,10-12H,1-4,8-9,17H2. The van der Waals surface area contributed by atoms with E-state index >= 15 is 0 Å². The number of nitrogen functional groups attached to an aromatic ring is 1. The molecule has 1 heterocycles. The van der Waals surface area contributed by atoms with Crippen molar-refractivity contribution in [1.82, 2.24) is 9.97 Å². The van der Waals surface area contributed by atoms with E-state index in [1.807, 2.05) is 12.1 Å². The smallest absolute Gasteiger partial charge is 0.139 e. The molecule has 0 saturated heterocycles. The van der Waals surface area contributed by atoms with E-state index in [4.69, 9.17) is 5.73 Å². The predicted octanol–water partition coefficient (Wildman–Crippen LogP) is 2.84. The molecular formula is C16H20N4. The third kappa shape index (κ3) is 2.42. The summed E-state index contributed by atoms with van der Waals surface area (Å²) in [5, 5.41) is 1.13. The predicted molar refractivity (Wildman–Crippen MR) is 81.6 cm³/mol. The Kier molecular flexibility index (Phi) is 2.76. The zero-order chi connectivity index (χ0) is 13.5. The third-order valence-corrected chi connectivity index (χ3v) is 4.29. The molecule has 2 N–H and O–H groups in total. The minimum absolute atomic E-state index is 0.762. The van der Waals surface area contributed by atoms with Gasteiger partial charge >= 0.3 is 0 Å². The van der Waals surface area contributed by atoms with Crippen molar-refractivity contribution >= 4 is 22.4 Å². The van der Waals surface area contributed by atoms with Gasteiger partial charge in [-0.05, 0) is 55.7 Å². The van der Waals surface area contributed by atoms with E-state index in [1.165, 1.54) is 25.7 Å². The molecule has 0 spiro atoms. The summed E-state index contributed by atoms with van der Waals surface area (Å²) in [6, 6.07) is 5.95. The van der Waals surface area contributed by atoms with Gasteiger partial charge in [0, 0.05) is 24.2 Å². The second kappa shape index (κ2) is 4.62. The lowest BCUT2D eigenvalue weighted by molar-refractivity contribution is 0.673. The van der Waals surface area contributed by atoms with Gasteiger partial charge in [0.2, 0.25) is 0 Å². The fourth-order valence-electron chi connectivity index (χ4n) is 2.78. The highest BCUT2D eigenvalue weighted by Gasteiger charge is 2.30. The quantitative estimate of drug-likeness (QED) is 0.847. The van der Waals surface area contributed by atoms with Gasteiger partial charge in [-0.15, -0.1) is 0 Å². The Hall–Kier alpha value is -1.84. The summed E-state index contributed by atoms with van der Waals surface area (Å²) >= 11 is 0. The van der Waals surface area contributed by atoms with Crippen molar-refractivity contribution in [2.45, 2.75) is 25.7 Å². The van der Waals surface area contributed by atoms with Crippen molar-refractivity contribution in [2.75, 3.05) is 23.7 Å². The molecule has 1 aromatic heterocycles. The number of rotatable bonds is 5. The Morgan fingerprint density at radius 1 is 1.05 bits per heavy atom. The van der Waals surface area contributed by atoms with Crippen LogP contribution in [0.3, 0.4) is 0 Å². The number of hydrogen-bond donors (Lipinski definition) is 1. The molecular weight excluding hydrogens is 248 g/mol. The van der Waals surface area contributed by atoms with Crippen molar-refractivity contribution in [1.29, 1.82) is 0 Å². The summed E-state index contributed by atoms with van der Waals surface area (Å²) in [5.74, 6) is 2.83. The normalized spacial score (nSPS) is 18.4. The van der Waals surface area contributed by atoms with E-state index in [9.17, 15) is 0 Å². The lowest BCUT2D eigenvalue weighted by Crippen LogP contribution is -2.29. The molecule has 0 atom stereocenters. The van der Waals surface area contributed by atoms with Crippen LogP contribution in [0.1, 0.15) is 25.7 Å². The molecule has 2 aromatic rings.